The number of thioether (sulfide) groups is 1. The van der Waals surface area contributed by atoms with E-state index in [-0.39, 0.29) is 22.6 Å². The smallest absolute Gasteiger partial charge is 0.265 e. The molecule has 0 aliphatic heterocycles. The summed E-state index contributed by atoms with van der Waals surface area (Å²) in [6.45, 7) is 9.53. The number of carbonyl (C=O) groups is 1. The lowest BCUT2D eigenvalue weighted by molar-refractivity contribution is -0.127. The SMILES string of the molecule is CCN(CC)C(=O)CSc1nn(C)c2nc3c(c(=O)n12)[C@](C)(CC)Cc1ccccc1-3. The van der Waals surface area contributed by atoms with Crippen molar-refractivity contribution in [2.24, 2.45) is 7.05 Å². The van der Waals surface area contributed by atoms with Crippen LogP contribution in [0.15, 0.2) is 34.2 Å². The van der Waals surface area contributed by atoms with Crippen molar-refractivity contribution in [1.29, 1.82) is 0 Å². The number of aryl methyl sites for hydroxylation is 1. The van der Waals surface area contributed by atoms with Gasteiger partial charge >= 0.3 is 0 Å². The van der Waals surface area contributed by atoms with Crippen LogP contribution in [0, 0.1) is 0 Å². The lowest BCUT2D eigenvalue weighted by Crippen LogP contribution is -2.38. The zero-order chi connectivity index (χ0) is 22.3. The fourth-order valence-corrected chi connectivity index (χ4v) is 5.37. The van der Waals surface area contributed by atoms with Crippen LogP contribution >= 0.6 is 11.8 Å². The highest BCUT2D eigenvalue weighted by Gasteiger charge is 2.38. The van der Waals surface area contributed by atoms with Crippen molar-refractivity contribution in [3.05, 3.63) is 45.7 Å². The molecule has 0 fully saturated rings. The standard InChI is InChI=1S/C23H29N5O2S/c1-6-23(4)13-15-11-9-10-12-16(15)19-18(23)20(30)28-21(24-19)26(5)25-22(28)31-14-17(29)27(7-2)8-3/h9-12H,6-8,13-14H2,1-5H3/t23-/m1/s1. The first-order valence-corrected chi connectivity index (χ1v) is 11.8. The maximum atomic E-state index is 13.8. The molecule has 31 heavy (non-hydrogen) atoms. The van der Waals surface area contributed by atoms with Crippen molar-refractivity contribution in [3.63, 3.8) is 0 Å². The maximum absolute atomic E-state index is 13.8. The van der Waals surface area contributed by atoms with Crippen molar-refractivity contribution in [2.75, 3.05) is 18.8 Å². The molecular formula is C23H29N5O2S. The molecule has 0 radical (unpaired) electrons. The fourth-order valence-electron chi connectivity index (χ4n) is 4.46. The Bertz CT molecular complexity index is 1210. The summed E-state index contributed by atoms with van der Waals surface area (Å²) in [6, 6.07) is 8.20. The molecule has 1 atom stereocenters. The minimum Gasteiger partial charge on any atom is -0.343 e. The van der Waals surface area contributed by atoms with Gasteiger partial charge in [-0.05, 0) is 32.3 Å². The van der Waals surface area contributed by atoms with Gasteiger partial charge < -0.3 is 4.90 Å². The first-order chi connectivity index (χ1) is 14.8. The van der Waals surface area contributed by atoms with Crippen LogP contribution in [0.25, 0.3) is 17.0 Å². The van der Waals surface area contributed by atoms with Gasteiger partial charge in [-0.1, -0.05) is 49.9 Å². The summed E-state index contributed by atoms with van der Waals surface area (Å²) in [5, 5.41) is 5.05. The van der Waals surface area contributed by atoms with Gasteiger partial charge in [0.25, 0.3) is 5.56 Å². The van der Waals surface area contributed by atoms with E-state index >= 15 is 0 Å². The van der Waals surface area contributed by atoms with Crippen molar-refractivity contribution < 1.29 is 4.79 Å². The molecule has 2 aromatic heterocycles. The number of fused-ring (bicyclic) bond motifs is 4. The largest absolute Gasteiger partial charge is 0.343 e. The van der Waals surface area contributed by atoms with Crippen LogP contribution in [0.4, 0.5) is 0 Å². The second kappa shape index (κ2) is 8.15. The first kappa shape index (κ1) is 21.6. The Morgan fingerprint density at radius 3 is 2.61 bits per heavy atom. The third-order valence-electron chi connectivity index (χ3n) is 6.46. The van der Waals surface area contributed by atoms with Crippen molar-refractivity contribution >= 4 is 23.4 Å². The van der Waals surface area contributed by atoms with Crippen LogP contribution in [0.1, 0.15) is 45.2 Å². The van der Waals surface area contributed by atoms with Gasteiger partial charge in [0.1, 0.15) is 0 Å². The predicted octanol–water partition coefficient (Wildman–Crippen LogP) is 3.28. The van der Waals surface area contributed by atoms with Crippen LogP contribution in [0.3, 0.4) is 0 Å². The van der Waals surface area contributed by atoms with Gasteiger partial charge in [-0.3, -0.25) is 9.59 Å². The molecule has 2 heterocycles. The highest BCUT2D eigenvalue weighted by molar-refractivity contribution is 7.99. The molecule has 1 aromatic carbocycles. The maximum Gasteiger partial charge on any atom is 0.265 e. The Labute approximate surface area is 186 Å². The number of nitrogens with zero attached hydrogens (tertiary/aromatic N) is 5. The first-order valence-electron chi connectivity index (χ1n) is 10.8. The van der Waals surface area contributed by atoms with E-state index in [0.717, 1.165) is 29.7 Å². The molecule has 0 N–H and O–H groups in total. The van der Waals surface area contributed by atoms with Gasteiger partial charge in [-0.2, -0.15) is 0 Å². The topological polar surface area (TPSA) is 72.5 Å². The summed E-state index contributed by atoms with van der Waals surface area (Å²) < 4.78 is 3.22. The summed E-state index contributed by atoms with van der Waals surface area (Å²) in [5.41, 5.74) is 3.37. The van der Waals surface area contributed by atoms with E-state index in [0.29, 0.717) is 24.0 Å². The second-order valence-corrected chi connectivity index (χ2v) is 9.23. The number of rotatable bonds is 6. The van der Waals surface area contributed by atoms with Gasteiger partial charge in [-0.15, -0.1) is 5.10 Å². The van der Waals surface area contributed by atoms with Crippen LogP contribution < -0.4 is 5.56 Å². The van der Waals surface area contributed by atoms with E-state index in [4.69, 9.17) is 4.98 Å². The molecule has 8 heteroatoms. The van der Waals surface area contributed by atoms with E-state index in [9.17, 15) is 9.59 Å². The Morgan fingerprint density at radius 2 is 1.94 bits per heavy atom. The normalized spacial score (nSPS) is 17.5. The van der Waals surface area contributed by atoms with E-state index in [1.54, 1.807) is 21.0 Å². The van der Waals surface area contributed by atoms with Gasteiger partial charge in [0.15, 0.2) is 5.16 Å². The molecule has 0 bridgehead atoms. The number of benzene rings is 1. The molecule has 4 rings (SSSR count). The summed E-state index contributed by atoms with van der Waals surface area (Å²) in [7, 11) is 1.79. The van der Waals surface area contributed by atoms with Crippen molar-refractivity contribution in [2.45, 2.75) is 51.1 Å². The summed E-state index contributed by atoms with van der Waals surface area (Å²) in [5.74, 6) is 0.780. The fraction of sp³-hybridized carbons (Fsp3) is 0.478. The lowest BCUT2D eigenvalue weighted by atomic mass is 9.69. The van der Waals surface area contributed by atoms with Crippen molar-refractivity contribution in [3.8, 4) is 11.3 Å². The van der Waals surface area contributed by atoms with E-state index in [2.05, 4.69) is 25.0 Å². The zero-order valence-corrected chi connectivity index (χ0v) is 19.6. The van der Waals surface area contributed by atoms with Crippen LogP contribution in [-0.4, -0.2) is 48.8 Å². The molecule has 1 aliphatic rings. The van der Waals surface area contributed by atoms with Gasteiger partial charge in [0, 0.05) is 31.1 Å². The zero-order valence-electron chi connectivity index (χ0n) is 18.8. The summed E-state index contributed by atoms with van der Waals surface area (Å²) in [6.07, 6.45) is 1.64. The Hall–Kier alpha value is -2.61. The Kier molecular flexibility index (Phi) is 5.68. The van der Waals surface area contributed by atoms with Crippen molar-refractivity contribution in [1.82, 2.24) is 24.1 Å². The summed E-state index contributed by atoms with van der Waals surface area (Å²) >= 11 is 1.30. The average Bonchev–Trinajstić information content (AvgIpc) is 3.09. The van der Waals surface area contributed by atoms with Gasteiger partial charge in [-0.25, -0.2) is 14.1 Å². The summed E-state index contributed by atoms with van der Waals surface area (Å²) in [4.78, 5) is 33.1. The molecule has 0 saturated carbocycles. The highest BCUT2D eigenvalue weighted by atomic mass is 32.2. The average molecular weight is 440 g/mol. The third kappa shape index (κ3) is 3.46. The number of aromatic nitrogens is 4. The van der Waals surface area contributed by atoms with E-state index < -0.39 is 0 Å². The monoisotopic (exact) mass is 439 g/mol. The third-order valence-corrected chi connectivity index (χ3v) is 7.37. The van der Waals surface area contributed by atoms with E-state index in [1.807, 2.05) is 32.0 Å². The lowest BCUT2D eigenvalue weighted by Gasteiger charge is -2.34. The molecule has 0 unspecified atom stereocenters. The molecule has 0 spiro atoms. The minimum absolute atomic E-state index is 0.0418. The predicted molar refractivity (Wildman–Crippen MR) is 124 cm³/mol. The molecule has 1 amide bonds. The highest BCUT2D eigenvalue weighted by Crippen LogP contribution is 2.42. The molecule has 1 aliphatic carbocycles. The molecule has 7 nitrogen and oxygen atoms in total. The molecule has 0 saturated heterocycles. The Morgan fingerprint density at radius 1 is 1.23 bits per heavy atom. The molecule has 164 valence electrons. The van der Waals surface area contributed by atoms with Gasteiger partial charge in [0.05, 0.1) is 17.0 Å². The minimum atomic E-state index is -0.302. The molecule has 3 aromatic rings. The number of carbonyl (C=O) groups excluding carboxylic acids is 1. The number of amides is 1. The molecular weight excluding hydrogens is 410 g/mol. The van der Waals surface area contributed by atoms with E-state index in [1.165, 1.54) is 17.3 Å². The van der Waals surface area contributed by atoms with Crippen LogP contribution in [0.2, 0.25) is 0 Å². The van der Waals surface area contributed by atoms with Gasteiger partial charge in [0.2, 0.25) is 11.7 Å². The number of hydrogen-bond donors (Lipinski definition) is 0. The second-order valence-electron chi connectivity index (χ2n) is 8.28. The Balaban J connectivity index is 1.87. The van der Waals surface area contributed by atoms with Crippen LogP contribution in [0.5, 0.6) is 0 Å². The van der Waals surface area contributed by atoms with Crippen LogP contribution in [-0.2, 0) is 23.7 Å². The quantitative estimate of drug-likeness (QED) is 0.551. The number of hydrogen-bond acceptors (Lipinski definition) is 5.